The third-order valence-electron chi connectivity index (χ3n) is 2.93. The Kier molecular flexibility index (Phi) is 5.33. The number of ether oxygens (including phenoxy) is 1. The molecule has 0 radical (unpaired) electrons. The Labute approximate surface area is 128 Å². The van der Waals surface area contributed by atoms with Crippen LogP contribution in [-0.2, 0) is 0 Å². The molecule has 2 aromatic rings. The van der Waals surface area contributed by atoms with Gasteiger partial charge in [0.2, 0.25) is 0 Å². The smallest absolute Gasteiger partial charge is 0.167 e. The maximum absolute atomic E-state index is 13.8. The average Bonchev–Trinajstić information content (AvgIpc) is 2.49. The van der Waals surface area contributed by atoms with Crippen molar-refractivity contribution in [3.05, 3.63) is 42.2 Å². The van der Waals surface area contributed by atoms with E-state index >= 15 is 0 Å². The number of thioether (sulfide) groups is 1. The van der Waals surface area contributed by atoms with Gasteiger partial charge in [0.15, 0.2) is 11.6 Å². The normalized spacial score (nSPS) is 10.4. The minimum Gasteiger partial charge on any atom is -0.490 e. The number of benzene rings is 2. The predicted octanol–water partition coefficient (Wildman–Crippen LogP) is 4.66. The van der Waals surface area contributed by atoms with Crippen LogP contribution in [0.2, 0.25) is 0 Å². The van der Waals surface area contributed by atoms with Crippen molar-refractivity contribution in [2.75, 3.05) is 23.9 Å². The molecule has 0 aromatic heterocycles. The topological polar surface area (TPSA) is 47.3 Å². The minimum absolute atomic E-state index is 0.217. The summed E-state index contributed by atoms with van der Waals surface area (Å²) in [6.45, 7) is 2.45. The molecule has 0 aliphatic carbocycles. The molecule has 0 aliphatic rings. The molecule has 112 valence electrons. The van der Waals surface area contributed by atoms with Gasteiger partial charge in [-0.3, -0.25) is 0 Å². The number of nitrogens with two attached hydrogens (primary N) is 1. The fourth-order valence-electron chi connectivity index (χ4n) is 1.83. The molecule has 0 atom stereocenters. The fraction of sp³-hybridized carbons (Fsp3) is 0.250. The lowest BCUT2D eigenvalue weighted by Gasteiger charge is -2.13. The molecule has 0 spiro atoms. The number of anilines is 3. The van der Waals surface area contributed by atoms with E-state index in [1.807, 2.05) is 37.4 Å². The summed E-state index contributed by atoms with van der Waals surface area (Å²) in [6.07, 6.45) is 2.85. The Morgan fingerprint density at radius 1 is 1.24 bits per heavy atom. The second-order valence-corrected chi connectivity index (χ2v) is 5.45. The van der Waals surface area contributed by atoms with Crippen molar-refractivity contribution in [1.29, 1.82) is 0 Å². The molecule has 0 saturated carbocycles. The lowest BCUT2D eigenvalue weighted by Crippen LogP contribution is -2.02. The van der Waals surface area contributed by atoms with Crippen LogP contribution < -0.4 is 15.8 Å². The van der Waals surface area contributed by atoms with Crippen molar-refractivity contribution in [3.8, 4) is 5.75 Å². The number of nitrogen functional groups attached to an aromatic ring is 1. The quantitative estimate of drug-likeness (QED) is 0.602. The highest BCUT2D eigenvalue weighted by Gasteiger charge is 2.09. The van der Waals surface area contributed by atoms with Crippen LogP contribution >= 0.6 is 11.8 Å². The summed E-state index contributed by atoms with van der Waals surface area (Å²) in [6, 6.07) is 10.8. The van der Waals surface area contributed by atoms with E-state index in [9.17, 15) is 4.39 Å². The summed E-state index contributed by atoms with van der Waals surface area (Å²) in [4.78, 5) is 1.18. The summed E-state index contributed by atoms with van der Waals surface area (Å²) in [5, 5.41) is 3.19. The Bertz CT molecular complexity index is 602. The number of rotatable bonds is 6. The highest BCUT2D eigenvalue weighted by atomic mass is 32.2. The summed E-state index contributed by atoms with van der Waals surface area (Å²) >= 11 is 1.68. The van der Waals surface area contributed by atoms with Gasteiger partial charge < -0.3 is 15.8 Å². The molecule has 0 amide bonds. The Balaban J connectivity index is 2.21. The first-order chi connectivity index (χ1) is 10.1. The van der Waals surface area contributed by atoms with Gasteiger partial charge in [0, 0.05) is 22.7 Å². The molecule has 0 saturated heterocycles. The average molecular weight is 306 g/mol. The number of halogens is 1. The maximum Gasteiger partial charge on any atom is 0.167 e. The number of hydrogen-bond acceptors (Lipinski definition) is 4. The molecule has 3 nitrogen and oxygen atoms in total. The van der Waals surface area contributed by atoms with E-state index in [2.05, 4.69) is 5.32 Å². The van der Waals surface area contributed by atoms with Crippen molar-refractivity contribution in [2.45, 2.75) is 18.2 Å². The minimum atomic E-state index is -0.441. The zero-order valence-corrected chi connectivity index (χ0v) is 13.0. The van der Waals surface area contributed by atoms with Gasteiger partial charge in [-0.15, -0.1) is 11.8 Å². The first-order valence-corrected chi connectivity index (χ1v) is 7.99. The van der Waals surface area contributed by atoms with Crippen LogP contribution in [0.1, 0.15) is 13.3 Å². The third kappa shape index (κ3) is 4.04. The van der Waals surface area contributed by atoms with Gasteiger partial charge in [-0.25, -0.2) is 4.39 Å². The molecule has 2 rings (SSSR count). The zero-order valence-electron chi connectivity index (χ0n) is 12.2. The first kappa shape index (κ1) is 15.5. The number of nitrogens with one attached hydrogen (secondary N) is 1. The monoisotopic (exact) mass is 306 g/mol. The van der Waals surface area contributed by atoms with E-state index in [1.165, 1.54) is 11.0 Å². The summed E-state index contributed by atoms with van der Waals surface area (Å²) in [7, 11) is 0. The molecule has 0 aliphatic heterocycles. The molecular weight excluding hydrogens is 287 g/mol. The van der Waals surface area contributed by atoms with Crippen molar-refractivity contribution >= 4 is 28.8 Å². The standard InChI is InChI=1S/C16H19FN2OS/c1-3-8-20-16-10-15(14(18)9-13(16)17)19-11-4-6-12(21-2)7-5-11/h4-7,9-10,19H,3,8,18H2,1-2H3. The molecule has 21 heavy (non-hydrogen) atoms. The lowest BCUT2D eigenvalue weighted by molar-refractivity contribution is 0.301. The van der Waals surface area contributed by atoms with Crippen molar-refractivity contribution < 1.29 is 9.13 Å². The highest BCUT2D eigenvalue weighted by Crippen LogP contribution is 2.31. The Morgan fingerprint density at radius 2 is 1.95 bits per heavy atom. The van der Waals surface area contributed by atoms with E-state index in [-0.39, 0.29) is 5.75 Å². The van der Waals surface area contributed by atoms with Crippen molar-refractivity contribution in [3.63, 3.8) is 0 Å². The second kappa shape index (κ2) is 7.22. The molecular formula is C16H19FN2OS. The second-order valence-electron chi connectivity index (χ2n) is 4.57. The SMILES string of the molecule is CCCOc1cc(Nc2ccc(SC)cc2)c(N)cc1F. The van der Waals surface area contributed by atoms with E-state index in [0.29, 0.717) is 18.0 Å². The van der Waals surface area contributed by atoms with Gasteiger partial charge in [0.1, 0.15) is 0 Å². The summed E-state index contributed by atoms with van der Waals surface area (Å²) in [5.41, 5.74) is 7.75. The molecule has 0 heterocycles. The lowest BCUT2D eigenvalue weighted by atomic mass is 10.2. The Morgan fingerprint density at radius 3 is 2.57 bits per heavy atom. The highest BCUT2D eigenvalue weighted by molar-refractivity contribution is 7.98. The molecule has 5 heteroatoms. The van der Waals surface area contributed by atoms with Crippen molar-refractivity contribution in [1.82, 2.24) is 0 Å². The van der Waals surface area contributed by atoms with Crippen LogP contribution in [0.5, 0.6) is 5.75 Å². The van der Waals surface area contributed by atoms with E-state index in [1.54, 1.807) is 17.8 Å². The molecule has 0 unspecified atom stereocenters. The molecule has 0 bridgehead atoms. The third-order valence-corrected chi connectivity index (χ3v) is 3.68. The van der Waals surface area contributed by atoms with Crippen LogP contribution in [0.3, 0.4) is 0 Å². The van der Waals surface area contributed by atoms with E-state index in [0.717, 1.165) is 12.1 Å². The zero-order chi connectivity index (χ0) is 15.2. The molecule has 0 fully saturated rings. The fourth-order valence-corrected chi connectivity index (χ4v) is 2.24. The predicted molar refractivity (Wildman–Crippen MR) is 88.1 cm³/mol. The summed E-state index contributed by atoms with van der Waals surface area (Å²) in [5.74, 6) is -0.224. The largest absolute Gasteiger partial charge is 0.490 e. The number of hydrogen-bond donors (Lipinski definition) is 2. The van der Waals surface area contributed by atoms with Gasteiger partial charge in [0.25, 0.3) is 0 Å². The first-order valence-electron chi connectivity index (χ1n) is 6.77. The van der Waals surface area contributed by atoms with Gasteiger partial charge in [0.05, 0.1) is 18.0 Å². The van der Waals surface area contributed by atoms with Crippen LogP contribution in [-0.4, -0.2) is 12.9 Å². The van der Waals surface area contributed by atoms with Crippen molar-refractivity contribution in [2.24, 2.45) is 0 Å². The molecule has 2 aromatic carbocycles. The van der Waals surface area contributed by atoms with Crippen LogP contribution in [0, 0.1) is 5.82 Å². The maximum atomic E-state index is 13.8. The van der Waals surface area contributed by atoms with Gasteiger partial charge >= 0.3 is 0 Å². The van der Waals surface area contributed by atoms with Gasteiger partial charge in [-0.2, -0.15) is 0 Å². The van der Waals surface area contributed by atoms with Gasteiger partial charge in [-0.1, -0.05) is 6.92 Å². The van der Waals surface area contributed by atoms with Gasteiger partial charge in [-0.05, 0) is 36.9 Å². The summed E-state index contributed by atoms with van der Waals surface area (Å²) < 4.78 is 19.1. The van der Waals surface area contributed by atoms with Crippen LogP contribution in [0.4, 0.5) is 21.5 Å². The van der Waals surface area contributed by atoms with Crippen LogP contribution in [0.25, 0.3) is 0 Å². The molecule has 3 N–H and O–H groups in total. The van der Waals surface area contributed by atoms with Crippen LogP contribution in [0.15, 0.2) is 41.3 Å². The van der Waals surface area contributed by atoms with E-state index < -0.39 is 5.82 Å². The van der Waals surface area contributed by atoms with E-state index in [4.69, 9.17) is 10.5 Å². The Hall–Kier alpha value is -1.88.